The van der Waals surface area contributed by atoms with Gasteiger partial charge in [-0.2, -0.15) is 5.10 Å². The Morgan fingerprint density at radius 1 is 1.33 bits per heavy atom. The second-order valence-electron chi connectivity index (χ2n) is 6.68. The molecule has 1 fully saturated rings. The average Bonchev–Trinajstić information content (AvgIpc) is 3.28. The van der Waals surface area contributed by atoms with Crippen LogP contribution < -0.4 is 5.32 Å². The Labute approximate surface area is 148 Å². The zero-order chi connectivity index (χ0) is 17.3. The highest BCUT2D eigenvalue weighted by molar-refractivity contribution is 6.30. The van der Waals surface area contributed by atoms with Crippen molar-refractivity contribution in [2.75, 3.05) is 0 Å². The molecule has 1 aliphatic rings. The van der Waals surface area contributed by atoms with E-state index in [4.69, 9.17) is 11.6 Å². The Bertz CT molecular complexity index is 718. The second-order valence-corrected chi connectivity index (χ2v) is 7.12. The minimum Gasteiger partial charge on any atom is -0.346 e. The lowest BCUT2D eigenvalue weighted by Crippen LogP contribution is -2.45. The molecule has 1 aliphatic carbocycles. The molecule has 0 spiro atoms. The molecule has 3 rings (SSSR count). The molecular formula is C19H24ClN3O. The molecule has 1 N–H and O–H groups in total. The molecular weight excluding hydrogens is 322 g/mol. The van der Waals surface area contributed by atoms with Gasteiger partial charge >= 0.3 is 0 Å². The Morgan fingerprint density at radius 2 is 2.00 bits per heavy atom. The number of carbonyl (C=O) groups is 1. The number of nitrogens with one attached hydrogen (secondary N) is 1. The molecule has 1 aromatic heterocycles. The fourth-order valence-corrected chi connectivity index (χ4v) is 3.62. The minimum absolute atomic E-state index is 0.0546. The van der Waals surface area contributed by atoms with Crippen LogP contribution in [0.15, 0.2) is 36.7 Å². The van der Waals surface area contributed by atoms with Crippen LogP contribution in [0.25, 0.3) is 0 Å². The number of aromatic nitrogens is 2. The third-order valence-corrected chi connectivity index (χ3v) is 5.50. The molecule has 2 atom stereocenters. The van der Waals surface area contributed by atoms with E-state index in [0.29, 0.717) is 10.9 Å². The van der Waals surface area contributed by atoms with E-state index in [1.807, 2.05) is 43.7 Å². The quantitative estimate of drug-likeness (QED) is 0.859. The van der Waals surface area contributed by atoms with Gasteiger partial charge in [0, 0.05) is 24.2 Å². The van der Waals surface area contributed by atoms with Crippen LogP contribution in [-0.2, 0) is 17.4 Å². The van der Waals surface area contributed by atoms with Gasteiger partial charge in [-0.15, -0.1) is 0 Å². The molecule has 1 aromatic carbocycles. The Balaban J connectivity index is 1.74. The van der Waals surface area contributed by atoms with Gasteiger partial charge in [0.15, 0.2) is 0 Å². The number of carbonyl (C=O) groups excluding carboxylic acids is 1. The van der Waals surface area contributed by atoms with E-state index in [2.05, 4.69) is 24.3 Å². The summed E-state index contributed by atoms with van der Waals surface area (Å²) in [5, 5.41) is 8.24. The van der Waals surface area contributed by atoms with E-state index in [0.717, 1.165) is 30.4 Å². The fraction of sp³-hybridized carbons (Fsp3) is 0.474. The van der Waals surface area contributed by atoms with Crippen molar-refractivity contribution in [3.8, 4) is 0 Å². The summed E-state index contributed by atoms with van der Waals surface area (Å²) in [4.78, 5) is 12.8. The lowest BCUT2D eigenvalue weighted by Gasteiger charge is -2.34. The molecule has 1 saturated carbocycles. The lowest BCUT2D eigenvalue weighted by atomic mass is 9.84. The van der Waals surface area contributed by atoms with Gasteiger partial charge in [-0.1, -0.05) is 37.6 Å². The second kappa shape index (κ2) is 6.60. The van der Waals surface area contributed by atoms with Crippen molar-refractivity contribution in [3.63, 3.8) is 0 Å². The molecule has 4 nitrogen and oxygen atoms in total. The van der Waals surface area contributed by atoms with Crippen molar-refractivity contribution in [2.24, 2.45) is 13.0 Å². The molecule has 128 valence electrons. The summed E-state index contributed by atoms with van der Waals surface area (Å²) in [6, 6.07) is 7.81. The van der Waals surface area contributed by atoms with Crippen molar-refractivity contribution in [1.82, 2.24) is 15.1 Å². The fourth-order valence-electron chi connectivity index (χ4n) is 3.49. The van der Waals surface area contributed by atoms with Crippen molar-refractivity contribution >= 4 is 17.5 Å². The standard InChI is InChI=1S/C19H24ClN3O/c1-4-19(5-2,14-6-8-15(20)9-7-14)22-18(24)17-10-16(17)13-11-21-23(3)12-13/h6-9,11-12,16-17H,4-5,10H2,1-3H3,(H,22,24). The van der Waals surface area contributed by atoms with Crippen LogP contribution in [0.1, 0.15) is 50.2 Å². The van der Waals surface area contributed by atoms with E-state index < -0.39 is 0 Å². The first-order chi connectivity index (χ1) is 11.5. The number of amides is 1. The van der Waals surface area contributed by atoms with Gasteiger partial charge < -0.3 is 5.32 Å². The van der Waals surface area contributed by atoms with Crippen LogP contribution in [-0.4, -0.2) is 15.7 Å². The number of rotatable bonds is 6. The normalized spacial score (nSPS) is 20.0. The molecule has 2 aromatic rings. The first-order valence-corrected chi connectivity index (χ1v) is 8.93. The van der Waals surface area contributed by atoms with Crippen molar-refractivity contribution in [1.29, 1.82) is 0 Å². The predicted octanol–water partition coefficient (Wildman–Crippen LogP) is 4.01. The van der Waals surface area contributed by atoms with Gasteiger partial charge in [-0.25, -0.2) is 0 Å². The highest BCUT2D eigenvalue weighted by Gasteiger charge is 2.46. The maximum atomic E-state index is 12.8. The van der Waals surface area contributed by atoms with E-state index in [1.165, 1.54) is 0 Å². The van der Waals surface area contributed by atoms with Gasteiger partial charge in [0.1, 0.15) is 0 Å². The van der Waals surface area contributed by atoms with Crippen molar-refractivity contribution in [2.45, 2.75) is 44.6 Å². The van der Waals surface area contributed by atoms with Crippen molar-refractivity contribution < 1.29 is 4.79 Å². The number of hydrogen-bond acceptors (Lipinski definition) is 2. The van der Waals surface area contributed by atoms with Gasteiger partial charge in [0.25, 0.3) is 0 Å². The molecule has 2 unspecified atom stereocenters. The number of benzene rings is 1. The van der Waals surface area contributed by atoms with Gasteiger partial charge in [0.05, 0.1) is 11.7 Å². The van der Waals surface area contributed by atoms with E-state index in [1.54, 1.807) is 4.68 Å². The number of hydrogen-bond donors (Lipinski definition) is 1. The molecule has 0 aliphatic heterocycles. The maximum absolute atomic E-state index is 12.8. The van der Waals surface area contributed by atoms with E-state index in [-0.39, 0.29) is 17.4 Å². The summed E-state index contributed by atoms with van der Waals surface area (Å²) in [5.41, 5.74) is 1.94. The Morgan fingerprint density at radius 3 is 2.54 bits per heavy atom. The number of nitrogens with zero attached hydrogens (tertiary/aromatic N) is 2. The molecule has 1 amide bonds. The Kier molecular flexibility index (Phi) is 4.68. The lowest BCUT2D eigenvalue weighted by molar-refractivity contribution is -0.124. The summed E-state index contributed by atoms with van der Waals surface area (Å²) in [7, 11) is 1.90. The Hall–Kier alpha value is -1.81. The van der Waals surface area contributed by atoms with Crippen LogP contribution in [0.2, 0.25) is 5.02 Å². The smallest absolute Gasteiger partial charge is 0.224 e. The first kappa shape index (κ1) is 17.0. The zero-order valence-electron chi connectivity index (χ0n) is 14.4. The molecule has 0 saturated heterocycles. The summed E-state index contributed by atoms with van der Waals surface area (Å²) in [6.07, 6.45) is 6.47. The minimum atomic E-state index is -0.330. The summed E-state index contributed by atoms with van der Waals surface area (Å²) >= 11 is 6.01. The topological polar surface area (TPSA) is 46.9 Å². The molecule has 0 radical (unpaired) electrons. The first-order valence-electron chi connectivity index (χ1n) is 8.55. The molecule has 24 heavy (non-hydrogen) atoms. The van der Waals surface area contributed by atoms with Gasteiger partial charge in [-0.3, -0.25) is 9.48 Å². The van der Waals surface area contributed by atoms with E-state index in [9.17, 15) is 4.79 Å². The maximum Gasteiger partial charge on any atom is 0.224 e. The number of aryl methyl sites for hydroxylation is 1. The van der Waals surface area contributed by atoms with Crippen LogP contribution in [0.4, 0.5) is 0 Å². The van der Waals surface area contributed by atoms with Crippen LogP contribution in [0, 0.1) is 5.92 Å². The largest absolute Gasteiger partial charge is 0.346 e. The third-order valence-electron chi connectivity index (χ3n) is 5.25. The third kappa shape index (κ3) is 3.20. The summed E-state index contributed by atoms with van der Waals surface area (Å²) < 4.78 is 1.79. The highest BCUT2D eigenvalue weighted by Crippen LogP contribution is 2.48. The van der Waals surface area contributed by atoms with E-state index >= 15 is 0 Å². The van der Waals surface area contributed by atoms with Crippen LogP contribution in [0.5, 0.6) is 0 Å². The van der Waals surface area contributed by atoms with Crippen LogP contribution in [0.3, 0.4) is 0 Å². The predicted molar refractivity (Wildman–Crippen MR) is 95.9 cm³/mol. The summed E-state index contributed by atoms with van der Waals surface area (Å²) in [6.45, 7) is 4.23. The molecule has 0 bridgehead atoms. The van der Waals surface area contributed by atoms with Gasteiger partial charge in [0.2, 0.25) is 5.91 Å². The van der Waals surface area contributed by atoms with Gasteiger partial charge in [-0.05, 0) is 48.4 Å². The molecule has 1 heterocycles. The summed E-state index contributed by atoms with van der Waals surface area (Å²) in [5.74, 6) is 0.497. The molecule has 5 heteroatoms. The average molecular weight is 346 g/mol. The SMILES string of the molecule is CCC(CC)(NC(=O)C1CC1c1cnn(C)c1)c1ccc(Cl)cc1. The zero-order valence-corrected chi connectivity index (χ0v) is 15.2. The van der Waals surface area contributed by atoms with Crippen LogP contribution >= 0.6 is 11.6 Å². The number of halogens is 1. The highest BCUT2D eigenvalue weighted by atomic mass is 35.5. The monoisotopic (exact) mass is 345 g/mol. The van der Waals surface area contributed by atoms with Crippen molar-refractivity contribution in [3.05, 3.63) is 52.8 Å².